The lowest BCUT2D eigenvalue weighted by molar-refractivity contribution is 0.250. The van der Waals surface area contributed by atoms with E-state index < -0.39 is 0 Å². The minimum Gasteiger partial charge on any atom is -0.506 e. The number of aliphatic imine (C=N–C) groups is 1. The first-order valence-electron chi connectivity index (χ1n) is 9.76. The summed E-state index contributed by atoms with van der Waals surface area (Å²) in [4.78, 5) is 7.27. The molecule has 2 fully saturated rings. The predicted octanol–water partition coefficient (Wildman–Crippen LogP) is 3.56. The number of guanidine groups is 1. The van der Waals surface area contributed by atoms with E-state index in [9.17, 15) is 9.50 Å². The molecule has 26 heavy (non-hydrogen) atoms. The first-order chi connectivity index (χ1) is 12.4. The highest BCUT2D eigenvalue weighted by atomic mass is 19.1. The van der Waals surface area contributed by atoms with E-state index in [4.69, 9.17) is 4.99 Å². The van der Waals surface area contributed by atoms with Crippen LogP contribution < -0.4 is 10.6 Å². The number of benzene rings is 1. The molecule has 0 spiro atoms. The van der Waals surface area contributed by atoms with Gasteiger partial charge in [0, 0.05) is 31.2 Å². The van der Waals surface area contributed by atoms with Crippen LogP contribution in [0.5, 0.6) is 5.75 Å². The molecule has 1 aliphatic carbocycles. The lowest BCUT2D eigenvalue weighted by Gasteiger charge is -2.39. The Labute approximate surface area is 155 Å². The van der Waals surface area contributed by atoms with E-state index in [1.165, 1.54) is 37.5 Å². The van der Waals surface area contributed by atoms with Crippen LogP contribution in [0.25, 0.3) is 0 Å². The quantitative estimate of drug-likeness (QED) is 0.428. The van der Waals surface area contributed by atoms with Gasteiger partial charge >= 0.3 is 0 Å². The Morgan fingerprint density at radius 2 is 1.88 bits per heavy atom. The zero-order valence-electron chi connectivity index (χ0n) is 16.0. The van der Waals surface area contributed by atoms with Gasteiger partial charge in [-0.05, 0) is 44.7 Å². The van der Waals surface area contributed by atoms with Crippen LogP contribution in [0.3, 0.4) is 0 Å². The Morgan fingerprint density at radius 1 is 1.19 bits per heavy atom. The number of rotatable bonds is 2. The van der Waals surface area contributed by atoms with Crippen LogP contribution in [-0.2, 0) is 0 Å². The molecule has 0 bridgehead atoms. The Kier molecular flexibility index (Phi) is 6.01. The molecule has 5 nitrogen and oxygen atoms in total. The predicted molar refractivity (Wildman–Crippen MR) is 104 cm³/mol. The number of aromatic hydroxyl groups is 1. The van der Waals surface area contributed by atoms with Gasteiger partial charge in [-0.25, -0.2) is 9.38 Å². The van der Waals surface area contributed by atoms with Crippen molar-refractivity contribution in [3.8, 4) is 5.75 Å². The molecule has 1 heterocycles. The lowest BCUT2D eigenvalue weighted by Crippen LogP contribution is -2.57. The minimum atomic E-state index is -0.377. The number of nitrogens with zero attached hydrogens (tertiary/aromatic N) is 2. The zero-order valence-corrected chi connectivity index (χ0v) is 16.0. The summed E-state index contributed by atoms with van der Waals surface area (Å²) in [6, 6.07) is 4.91. The highest BCUT2D eigenvalue weighted by molar-refractivity contribution is 5.95. The summed E-state index contributed by atoms with van der Waals surface area (Å²) in [6.45, 7) is 8.22. The SMILES string of the molecule is CC1CN(C(=NC2CCCCC2C)Nc2cc(F)ccc2O)CC(C)N1. The van der Waals surface area contributed by atoms with Crippen molar-refractivity contribution in [3.63, 3.8) is 0 Å². The van der Waals surface area contributed by atoms with Crippen LogP contribution in [0, 0.1) is 11.7 Å². The van der Waals surface area contributed by atoms with E-state index in [1.54, 1.807) is 0 Å². The molecule has 2 aliphatic rings. The molecule has 3 rings (SSSR count). The number of phenols is 1. The molecule has 3 N–H and O–H groups in total. The topological polar surface area (TPSA) is 59.9 Å². The summed E-state index contributed by atoms with van der Waals surface area (Å²) in [6.07, 6.45) is 4.74. The number of phenolic OH excluding ortho intramolecular Hbond substituents is 1. The van der Waals surface area contributed by atoms with Gasteiger partial charge in [0.15, 0.2) is 5.96 Å². The van der Waals surface area contributed by atoms with Crippen LogP contribution in [0.2, 0.25) is 0 Å². The molecule has 4 atom stereocenters. The van der Waals surface area contributed by atoms with E-state index in [-0.39, 0.29) is 17.6 Å². The van der Waals surface area contributed by atoms with Crippen molar-refractivity contribution in [2.75, 3.05) is 18.4 Å². The molecule has 6 heteroatoms. The molecule has 4 unspecified atom stereocenters. The Balaban J connectivity index is 1.88. The minimum absolute atomic E-state index is 0.0343. The second kappa shape index (κ2) is 8.25. The molecule has 1 aromatic carbocycles. The third-order valence-corrected chi connectivity index (χ3v) is 5.42. The van der Waals surface area contributed by atoms with Crippen LogP contribution in [0.15, 0.2) is 23.2 Å². The van der Waals surface area contributed by atoms with E-state index in [1.807, 2.05) is 0 Å². The van der Waals surface area contributed by atoms with Crippen LogP contribution >= 0.6 is 0 Å². The van der Waals surface area contributed by atoms with Gasteiger partial charge in [0.25, 0.3) is 0 Å². The Morgan fingerprint density at radius 3 is 2.58 bits per heavy atom. The monoisotopic (exact) mass is 362 g/mol. The number of hydrogen-bond acceptors (Lipinski definition) is 3. The maximum atomic E-state index is 13.7. The molecule has 0 amide bonds. The van der Waals surface area contributed by atoms with Gasteiger partial charge in [0.2, 0.25) is 0 Å². The maximum Gasteiger partial charge on any atom is 0.198 e. The largest absolute Gasteiger partial charge is 0.506 e. The molecular weight excluding hydrogens is 331 g/mol. The van der Waals surface area contributed by atoms with Gasteiger partial charge in [0.05, 0.1) is 11.7 Å². The van der Waals surface area contributed by atoms with E-state index >= 15 is 0 Å². The standard InChI is InChI=1S/C20H31FN4O/c1-13-6-4-5-7-17(13)23-20(25-11-14(2)22-15(3)12-25)24-18-10-16(21)8-9-19(18)26/h8-10,13-15,17,22,26H,4-7,11-12H2,1-3H3,(H,23,24). The van der Waals surface area contributed by atoms with Crippen molar-refractivity contribution in [2.45, 2.75) is 64.6 Å². The van der Waals surface area contributed by atoms with E-state index in [0.717, 1.165) is 25.5 Å². The number of nitrogens with one attached hydrogen (secondary N) is 2. The van der Waals surface area contributed by atoms with E-state index in [0.29, 0.717) is 23.7 Å². The summed E-state index contributed by atoms with van der Waals surface area (Å²) in [7, 11) is 0. The van der Waals surface area contributed by atoms with Crippen molar-refractivity contribution in [1.29, 1.82) is 0 Å². The maximum absolute atomic E-state index is 13.7. The third kappa shape index (κ3) is 4.67. The molecule has 1 saturated carbocycles. The zero-order chi connectivity index (χ0) is 18.7. The number of hydrogen-bond donors (Lipinski definition) is 3. The van der Waals surface area contributed by atoms with Crippen LogP contribution in [0.1, 0.15) is 46.5 Å². The number of anilines is 1. The Hall–Kier alpha value is -1.82. The van der Waals surface area contributed by atoms with Crippen molar-refractivity contribution < 1.29 is 9.50 Å². The second-order valence-electron chi connectivity index (χ2n) is 7.94. The summed E-state index contributed by atoms with van der Waals surface area (Å²) >= 11 is 0. The fraction of sp³-hybridized carbons (Fsp3) is 0.650. The van der Waals surface area contributed by atoms with Crippen LogP contribution in [-0.4, -0.2) is 47.2 Å². The summed E-state index contributed by atoms with van der Waals surface area (Å²) in [5.41, 5.74) is 0.367. The second-order valence-corrected chi connectivity index (χ2v) is 7.94. The normalized spacial score (nSPS) is 30.3. The molecule has 144 valence electrons. The smallest absolute Gasteiger partial charge is 0.198 e. The fourth-order valence-electron chi connectivity index (χ4n) is 4.07. The summed E-state index contributed by atoms with van der Waals surface area (Å²) in [5.74, 6) is 0.939. The Bertz CT molecular complexity index is 641. The van der Waals surface area contributed by atoms with Crippen molar-refractivity contribution in [3.05, 3.63) is 24.0 Å². The average Bonchev–Trinajstić information content (AvgIpc) is 2.58. The van der Waals surface area contributed by atoms with Crippen LogP contribution in [0.4, 0.5) is 10.1 Å². The average molecular weight is 362 g/mol. The fourth-order valence-corrected chi connectivity index (χ4v) is 4.07. The van der Waals surface area contributed by atoms with Gasteiger partial charge in [-0.3, -0.25) is 0 Å². The highest BCUT2D eigenvalue weighted by Gasteiger charge is 2.27. The van der Waals surface area contributed by atoms with Gasteiger partial charge < -0.3 is 20.6 Å². The molecule has 1 aliphatic heterocycles. The van der Waals surface area contributed by atoms with Gasteiger partial charge in [0.1, 0.15) is 11.6 Å². The van der Waals surface area contributed by atoms with Gasteiger partial charge in [-0.1, -0.05) is 19.8 Å². The van der Waals surface area contributed by atoms with Crippen molar-refractivity contribution >= 4 is 11.6 Å². The summed E-state index contributed by atoms with van der Waals surface area (Å²) < 4.78 is 13.7. The molecule has 1 aromatic rings. The highest BCUT2D eigenvalue weighted by Crippen LogP contribution is 2.28. The van der Waals surface area contributed by atoms with Crippen molar-refractivity contribution in [2.24, 2.45) is 10.9 Å². The summed E-state index contributed by atoms with van der Waals surface area (Å²) in [5, 5.41) is 16.9. The van der Waals surface area contributed by atoms with Crippen molar-refractivity contribution in [1.82, 2.24) is 10.2 Å². The number of halogens is 1. The van der Waals surface area contributed by atoms with Gasteiger partial charge in [-0.2, -0.15) is 0 Å². The van der Waals surface area contributed by atoms with Gasteiger partial charge in [-0.15, -0.1) is 0 Å². The lowest BCUT2D eigenvalue weighted by atomic mass is 9.86. The third-order valence-electron chi connectivity index (χ3n) is 5.42. The number of piperazine rings is 1. The first-order valence-corrected chi connectivity index (χ1v) is 9.76. The molecule has 0 aromatic heterocycles. The first kappa shape index (κ1) is 19.0. The molecular formula is C20H31FN4O. The molecule has 1 saturated heterocycles. The van der Waals surface area contributed by atoms with E-state index in [2.05, 4.69) is 36.3 Å². The molecule has 0 radical (unpaired) electrons.